The van der Waals surface area contributed by atoms with E-state index in [9.17, 15) is 14.9 Å². The van der Waals surface area contributed by atoms with Gasteiger partial charge in [-0.25, -0.2) is 0 Å². The minimum Gasteiger partial charge on any atom is -0.461 e. The summed E-state index contributed by atoms with van der Waals surface area (Å²) >= 11 is 0. The number of hydrogen-bond acceptors (Lipinski definition) is 5. The van der Waals surface area contributed by atoms with Crippen LogP contribution >= 0.6 is 0 Å². The molecule has 21 heavy (non-hydrogen) atoms. The fourth-order valence-corrected chi connectivity index (χ4v) is 1.80. The predicted octanol–water partition coefficient (Wildman–Crippen LogP) is 2.17. The molecule has 0 bridgehead atoms. The molecule has 1 unspecified atom stereocenters. The van der Waals surface area contributed by atoms with Gasteiger partial charge in [-0.1, -0.05) is 37.3 Å². The third kappa shape index (κ3) is 4.13. The molecule has 0 fully saturated rings. The van der Waals surface area contributed by atoms with Gasteiger partial charge in [0.15, 0.2) is 0 Å². The van der Waals surface area contributed by atoms with Crippen molar-refractivity contribution in [2.45, 2.75) is 20.1 Å². The Balaban J connectivity index is 1.85. The Morgan fingerprint density at radius 1 is 1.43 bits per heavy atom. The number of carbonyl (C=O) groups is 1. The molecule has 1 atom stereocenters. The Hall–Kier alpha value is -2.70. The Kier molecular flexibility index (Phi) is 4.65. The second kappa shape index (κ2) is 6.65. The summed E-state index contributed by atoms with van der Waals surface area (Å²) in [5.74, 6) is -1.00. The van der Waals surface area contributed by atoms with Crippen molar-refractivity contribution in [3.63, 3.8) is 0 Å². The van der Waals surface area contributed by atoms with E-state index in [1.807, 2.05) is 30.3 Å². The molecule has 7 heteroatoms. The molecule has 7 nitrogen and oxygen atoms in total. The van der Waals surface area contributed by atoms with Crippen LogP contribution in [0.3, 0.4) is 0 Å². The first-order chi connectivity index (χ1) is 10.1. The maximum Gasteiger partial charge on any atom is 0.381 e. The summed E-state index contributed by atoms with van der Waals surface area (Å²) in [4.78, 5) is 25.5. The first-order valence-electron chi connectivity index (χ1n) is 6.43. The van der Waals surface area contributed by atoms with Crippen molar-refractivity contribution >= 4 is 11.8 Å². The quantitative estimate of drug-likeness (QED) is 0.462. The van der Waals surface area contributed by atoms with Gasteiger partial charge < -0.3 is 19.4 Å². The molecule has 0 spiro atoms. The maximum atomic E-state index is 11.9. The predicted molar refractivity (Wildman–Crippen MR) is 74.3 cm³/mol. The summed E-state index contributed by atoms with van der Waals surface area (Å²) in [6.45, 7) is 2.21. The van der Waals surface area contributed by atoms with E-state index in [-0.39, 0.29) is 24.9 Å². The highest BCUT2D eigenvalue weighted by Crippen LogP contribution is 2.10. The lowest BCUT2D eigenvalue weighted by Crippen LogP contribution is -2.19. The van der Waals surface area contributed by atoms with Gasteiger partial charge in [0.1, 0.15) is 12.8 Å². The van der Waals surface area contributed by atoms with Gasteiger partial charge in [-0.15, -0.1) is 0 Å². The van der Waals surface area contributed by atoms with Gasteiger partial charge in [-0.05, 0) is 15.5 Å². The van der Waals surface area contributed by atoms with E-state index < -0.39 is 10.8 Å². The Morgan fingerprint density at radius 3 is 2.76 bits per heavy atom. The van der Waals surface area contributed by atoms with Crippen LogP contribution in [-0.4, -0.2) is 20.4 Å². The molecule has 0 saturated carbocycles. The molecule has 0 aliphatic heterocycles. The summed E-state index contributed by atoms with van der Waals surface area (Å²) < 4.78 is 6.72. The summed E-state index contributed by atoms with van der Waals surface area (Å²) in [6.07, 6.45) is 2.63. The van der Waals surface area contributed by atoms with Crippen molar-refractivity contribution in [2.75, 3.05) is 0 Å². The number of aromatic nitrogens is 2. The normalized spacial score (nSPS) is 11.9. The smallest absolute Gasteiger partial charge is 0.381 e. The molecule has 110 valence electrons. The number of nitrogens with zero attached hydrogens (tertiary/aromatic N) is 3. The van der Waals surface area contributed by atoms with Crippen LogP contribution in [0.1, 0.15) is 12.5 Å². The zero-order valence-electron chi connectivity index (χ0n) is 11.5. The summed E-state index contributed by atoms with van der Waals surface area (Å²) in [5.41, 5.74) is 0.913. The van der Waals surface area contributed by atoms with E-state index in [0.717, 1.165) is 5.56 Å². The first-order valence-corrected chi connectivity index (χ1v) is 6.43. The van der Waals surface area contributed by atoms with E-state index in [1.165, 1.54) is 17.1 Å². The average molecular weight is 289 g/mol. The molecule has 0 saturated heterocycles. The topological polar surface area (TPSA) is 87.3 Å². The van der Waals surface area contributed by atoms with Gasteiger partial charge in [0.2, 0.25) is 6.33 Å². The molecule has 0 N–H and O–H groups in total. The number of hydrogen-bond donors (Lipinski definition) is 0. The van der Waals surface area contributed by atoms with E-state index in [1.54, 1.807) is 6.92 Å². The van der Waals surface area contributed by atoms with Crippen LogP contribution in [0.25, 0.3) is 0 Å². The van der Waals surface area contributed by atoms with Gasteiger partial charge in [0.25, 0.3) is 0 Å². The molecule has 0 aliphatic carbocycles. The van der Waals surface area contributed by atoms with Crippen LogP contribution in [0.15, 0.2) is 42.9 Å². The second-order valence-electron chi connectivity index (χ2n) is 4.68. The van der Waals surface area contributed by atoms with Crippen molar-refractivity contribution in [2.24, 2.45) is 5.92 Å². The van der Waals surface area contributed by atoms with Crippen LogP contribution in [0, 0.1) is 16.0 Å². The highest BCUT2D eigenvalue weighted by molar-refractivity contribution is 5.71. The number of ether oxygens (including phenoxy) is 1. The van der Waals surface area contributed by atoms with Crippen molar-refractivity contribution in [3.8, 4) is 0 Å². The molecular formula is C14H15N3O4. The number of imidazole rings is 1. The van der Waals surface area contributed by atoms with E-state index in [2.05, 4.69) is 4.98 Å². The molecule has 0 amide bonds. The Morgan fingerprint density at radius 2 is 2.14 bits per heavy atom. The van der Waals surface area contributed by atoms with Gasteiger partial charge in [0, 0.05) is 6.54 Å². The number of nitro groups is 1. The molecule has 0 radical (unpaired) electrons. The van der Waals surface area contributed by atoms with Crippen LogP contribution in [-0.2, 0) is 22.7 Å². The minimum absolute atomic E-state index is 0.216. The largest absolute Gasteiger partial charge is 0.461 e. The van der Waals surface area contributed by atoms with E-state index >= 15 is 0 Å². The van der Waals surface area contributed by atoms with Crippen LogP contribution in [0.2, 0.25) is 0 Å². The molecule has 1 heterocycles. The minimum atomic E-state index is -0.575. The Labute approximate surface area is 121 Å². The number of esters is 1. The van der Waals surface area contributed by atoms with Crippen molar-refractivity contribution in [1.82, 2.24) is 9.55 Å². The van der Waals surface area contributed by atoms with Crippen molar-refractivity contribution < 1.29 is 14.5 Å². The van der Waals surface area contributed by atoms with Gasteiger partial charge in [0.05, 0.1) is 5.92 Å². The third-order valence-electron chi connectivity index (χ3n) is 2.92. The zero-order chi connectivity index (χ0) is 15.2. The van der Waals surface area contributed by atoms with Gasteiger partial charge in [-0.2, -0.15) is 0 Å². The fourth-order valence-electron chi connectivity index (χ4n) is 1.80. The fraction of sp³-hybridized carbons (Fsp3) is 0.286. The Bertz CT molecular complexity index is 624. The summed E-state index contributed by atoms with van der Waals surface area (Å²) in [7, 11) is 0. The molecule has 0 aliphatic rings. The standard InChI is InChI=1S/C14H15N3O4/c1-11(7-16-8-13(15-10-16)17(19)20)14(18)21-9-12-5-3-2-4-6-12/h2-6,8,10-11H,7,9H2,1H3. The molecule has 2 rings (SSSR count). The van der Waals surface area contributed by atoms with Crippen LogP contribution in [0.5, 0.6) is 0 Å². The SMILES string of the molecule is CC(Cn1cnc([N+](=O)[O-])c1)C(=O)OCc1ccccc1. The number of carbonyl (C=O) groups excluding carboxylic acids is 1. The molecule has 2 aromatic rings. The lowest BCUT2D eigenvalue weighted by molar-refractivity contribution is -0.389. The molecule has 1 aromatic carbocycles. The van der Waals surface area contributed by atoms with Gasteiger partial charge in [-0.3, -0.25) is 4.79 Å². The monoisotopic (exact) mass is 289 g/mol. The molecular weight excluding hydrogens is 274 g/mol. The van der Waals surface area contributed by atoms with Crippen molar-refractivity contribution in [3.05, 3.63) is 58.5 Å². The third-order valence-corrected chi connectivity index (χ3v) is 2.92. The van der Waals surface area contributed by atoms with Gasteiger partial charge >= 0.3 is 11.8 Å². The highest BCUT2D eigenvalue weighted by atomic mass is 16.6. The van der Waals surface area contributed by atoms with Crippen LogP contribution in [0.4, 0.5) is 5.82 Å². The van der Waals surface area contributed by atoms with E-state index in [0.29, 0.717) is 0 Å². The number of rotatable bonds is 6. The van der Waals surface area contributed by atoms with E-state index in [4.69, 9.17) is 4.74 Å². The second-order valence-corrected chi connectivity index (χ2v) is 4.68. The molecule has 1 aromatic heterocycles. The average Bonchev–Trinajstić information content (AvgIpc) is 2.94. The summed E-state index contributed by atoms with van der Waals surface area (Å²) in [6, 6.07) is 9.38. The lowest BCUT2D eigenvalue weighted by atomic mass is 10.2. The lowest BCUT2D eigenvalue weighted by Gasteiger charge is -2.11. The highest BCUT2D eigenvalue weighted by Gasteiger charge is 2.18. The summed E-state index contributed by atoms with van der Waals surface area (Å²) in [5, 5.41) is 10.5. The zero-order valence-corrected chi connectivity index (χ0v) is 11.5. The number of benzene rings is 1. The first kappa shape index (κ1) is 14.7. The van der Waals surface area contributed by atoms with Crippen molar-refractivity contribution in [1.29, 1.82) is 0 Å². The maximum absolute atomic E-state index is 11.9. The van der Waals surface area contributed by atoms with Crippen LogP contribution < -0.4 is 0 Å².